The highest BCUT2D eigenvalue weighted by Crippen LogP contribution is 2.11. The van der Waals surface area contributed by atoms with Crippen molar-refractivity contribution < 1.29 is 0 Å². The number of hydrogen-bond acceptors (Lipinski definition) is 1. The molecule has 0 saturated heterocycles. The van der Waals surface area contributed by atoms with Gasteiger partial charge in [-0.3, -0.25) is 0 Å². The molecule has 0 radical (unpaired) electrons. The van der Waals surface area contributed by atoms with Crippen molar-refractivity contribution in [2.75, 3.05) is 6.54 Å². The van der Waals surface area contributed by atoms with Gasteiger partial charge in [0.2, 0.25) is 0 Å². The van der Waals surface area contributed by atoms with Gasteiger partial charge < -0.3 is 5.32 Å². The van der Waals surface area contributed by atoms with Gasteiger partial charge in [-0.1, -0.05) is 37.3 Å². The van der Waals surface area contributed by atoms with Crippen LogP contribution >= 0.6 is 0 Å². The Morgan fingerprint density at radius 1 is 1.14 bits per heavy atom. The summed E-state index contributed by atoms with van der Waals surface area (Å²) in [5, 5.41) is 3.39. The van der Waals surface area contributed by atoms with Crippen LogP contribution in [-0.4, -0.2) is 6.54 Å². The smallest absolute Gasteiger partial charge is 0.0179 e. The fraction of sp³-hybridized carbons (Fsp3) is 0.385. The molecule has 1 aliphatic heterocycles. The summed E-state index contributed by atoms with van der Waals surface area (Å²) in [4.78, 5) is 0. The van der Waals surface area contributed by atoms with Crippen LogP contribution in [0.5, 0.6) is 0 Å². The zero-order valence-corrected chi connectivity index (χ0v) is 8.72. The molecule has 0 aromatic heterocycles. The SMILES string of the molecule is CCc1ccc(CC2=CCCN2)cc1. The van der Waals surface area contributed by atoms with Crippen molar-refractivity contribution in [3.63, 3.8) is 0 Å². The first-order valence-electron chi connectivity index (χ1n) is 5.39. The van der Waals surface area contributed by atoms with Crippen molar-refractivity contribution in [3.8, 4) is 0 Å². The quantitative estimate of drug-likeness (QED) is 0.767. The predicted molar refractivity (Wildman–Crippen MR) is 60.2 cm³/mol. The number of rotatable bonds is 3. The lowest BCUT2D eigenvalue weighted by Crippen LogP contribution is -2.09. The predicted octanol–water partition coefficient (Wildman–Crippen LogP) is 2.67. The van der Waals surface area contributed by atoms with Gasteiger partial charge >= 0.3 is 0 Å². The van der Waals surface area contributed by atoms with Crippen LogP contribution in [0.25, 0.3) is 0 Å². The molecule has 0 atom stereocenters. The van der Waals surface area contributed by atoms with Crippen molar-refractivity contribution in [2.45, 2.75) is 26.2 Å². The summed E-state index contributed by atoms with van der Waals surface area (Å²) < 4.78 is 0. The Morgan fingerprint density at radius 3 is 2.43 bits per heavy atom. The number of hydrogen-bond donors (Lipinski definition) is 1. The van der Waals surface area contributed by atoms with Crippen molar-refractivity contribution in [2.24, 2.45) is 0 Å². The van der Waals surface area contributed by atoms with Crippen LogP contribution in [0.2, 0.25) is 0 Å². The highest BCUT2D eigenvalue weighted by atomic mass is 14.9. The maximum absolute atomic E-state index is 3.39. The summed E-state index contributed by atoms with van der Waals surface area (Å²) in [5.41, 5.74) is 4.21. The van der Waals surface area contributed by atoms with Gasteiger partial charge in [-0.2, -0.15) is 0 Å². The summed E-state index contributed by atoms with van der Waals surface area (Å²) in [6.07, 6.45) is 5.67. The summed E-state index contributed by atoms with van der Waals surface area (Å²) in [7, 11) is 0. The van der Waals surface area contributed by atoms with Crippen LogP contribution in [0.3, 0.4) is 0 Å². The van der Waals surface area contributed by atoms with E-state index in [0.717, 1.165) is 19.4 Å². The number of allylic oxidation sites excluding steroid dienone is 1. The van der Waals surface area contributed by atoms with E-state index >= 15 is 0 Å². The van der Waals surface area contributed by atoms with Crippen LogP contribution in [-0.2, 0) is 12.8 Å². The molecule has 1 heteroatoms. The third kappa shape index (κ3) is 2.16. The summed E-state index contributed by atoms with van der Waals surface area (Å²) in [6, 6.07) is 8.93. The number of nitrogens with one attached hydrogen (secondary N) is 1. The van der Waals surface area contributed by atoms with E-state index in [0.29, 0.717) is 0 Å². The second kappa shape index (κ2) is 4.32. The van der Waals surface area contributed by atoms with E-state index in [4.69, 9.17) is 0 Å². The second-order valence-corrected chi connectivity index (χ2v) is 3.79. The van der Waals surface area contributed by atoms with E-state index < -0.39 is 0 Å². The van der Waals surface area contributed by atoms with E-state index in [1.165, 1.54) is 23.2 Å². The minimum atomic E-state index is 1.06. The highest BCUT2D eigenvalue weighted by Gasteiger charge is 2.03. The molecule has 0 aliphatic carbocycles. The first-order valence-corrected chi connectivity index (χ1v) is 5.39. The molecule has 0 amide bonds. The van der Waals surface area contributed by atoms with Crippen LogP contribution in [0.1, 0.15) is 24.5 Å². The molecule has 0 bridgehead atoms. The summed E-state index contributed by atoms with van der Waals surface area (Å²) in [5.74, 6) is 0. The Kier molecular flexibility index (Phi) is 2.87. The van der Waals surface area contributed by atoms with E-state index in [1.807, 2.05) is 0 Å². The van der Waals surface area contributed by atoms with Crippen molar-refractivity contribution >= 4 is 0 Å². The molecular weight excluding hydrogens is 170 g/mol. The lowest BCUT2D eigenvalue weighted by molar-refractivity contribution is 0.847. The van der Waals surface area contributed by atoms with Gasteiger partial charge in [0, 0.05) is 18.7 Å². The van der Waals surface area contributed by atoms with E-state index in [-0.39, 0.29) is 0 Å². The molecule has 1 aromatic carbocycles. The monoisotopic (exact) mass is 187 g/mol. The average Bonchev–Trinajstić information content (AvgIpc) is 2.72. The van der Waals surface area contributed by atoms with Crippen LogP contribution < -0.4 is 5.32 Å². The molecule has 2 rings (SSSR count). The zero-order valence-electron chi connectivity index (χ0n) is 8.72. The summed E-state index contributed by atoms with van der Waals surface area (Å²) in [6.45, 7) is 3.30. The first kappa shape index (κ1) is 9.32. The minimum absolute atomic E-state index is 1.06. The van der Waals surface area contributed by atoms with Gasteiger partial charge in [0.05, 0.1) is 0 Å². The van der Waals surface area contributed by atoms with Gasteiger partial charge in [-0.15, -0.1) is 0 Å². The third-order valence-electron chi connectivity index (χ3n) is 2.71. The fourth-order valence-corrected chi connectivity index (χ4v) is 1.80. The largest absolute Gasteiger partial charge is 0.388 e. The third-order valence-corrected chi connectivity index (χ3v) is 2.71. The van der Waals surface area contributed by atoms with E-state index in [9.17, 15) is 0 Å². The van der Waals surface area contributed by atoms with E-state index in [2.05, 4.69) is 42.6 Å². The average molecular weight is 187 g/mol. The van der Waals surface area contributed by atoms with E-state index in [1.54, 1.807) is 0 Å². The van der Waals surface area contributed by atoms with Gasteiger partial charge in [0.25, 0.3) is 0 Å². The standard InChI is InChI=1S/C13H17N/c1-2-11-5-7-12(8-6-11)10-13-4-3-9-14-13/h4-8,14H,2-3,9-10H2,1H3. The van der Waals surface area contributed by atoms with Gasteiger partial charge in [0.15, 0.2) is 0 Å². The fourth-order valence-electron chi connectivity index (χ4n) is 1.80. The van der Waals surface area contributed by atoms with Crippen LogP contribution in [0.15, 0.2) is 36.0 Å². The zero-order chi connectivity index (χ0) is 9.80. The first-order chi connectivity index (χ1) is 6.88. The van der Waals surface area contributed by atoms with Crippen molar-refractivity contribution in [1.29, 1.82) is 0 Å². The Morgan fingerprint density at radius 2 is 1.86 bits per heavy atom. The molecule has 1 aromatic rings. The molecule has 0 fully saturated rings. The molecular formula is C13H17N. The van der Waals surface area contributed by atoms with Crippen LogP contribution in [0, 0.1) is 0 Å². The molecule has 0 spiro atoms. The van der Waals surface area contributed by atoms with Crippen molar-refractivity contribution in [1.82, 2.24) is 5.32 Å². The Hall–Kier alpha value is -1.24. The van der Waals surface area contributed by atoms with Crippen molar-refractivity contribution in [3.05, 3.63) is 47.2 Å². The lowest BCUT2D eigenvalue weighted by atomic mass is 10.1. The highest BCUT2D eigenvalue weighted by molar-refractivity contribution is 5.26. The Labute approximate surface area is 85.8 Å². The maximum Gasteiger partial charge on any atom is 0.0179 e. The van der Waals surface area contributed by atoms with Crippen LogP contribution in [0.4, 0.5) is 0 Å². The topological polar surface area (TPSA) is 12.0 Å². The molecule has 1 N–H and O–H groups in total. The molecule has 1 aliphatic rings. The van der Waals surface area contributed by atoms with Gasteiger partial charge in [0.1, 0.15) is 0 Å². The maximum atomic E-state index is 3.39. The normalized spacial score (nSPS) is 15.1. The molecule has 14 heavy (non-hydrogen) atoms. The molecule has 1 nitrogen and oxygen atoms in total. The lowest BCUT2D eigenvalue weighted by Gasteiger charge is -2.05. The summed E-state index contributed by atoms with van der Waals surface area (Å²) >= 11 is 0. The molecule has 0 saturated carbocycles. The van der Waals surface area contributed by atoms with Gasteiger partial charge in [-0.05, 0) is 24.0 Å². The Balaban J connectivity index is 2.02. The molecule has 0 unspecified atom stereocenters. The Bertz CT molecular complexity index is 322. The number of aryl methyl sites for hydroxylation is 1. The molecule has 74 valence electrons. The molecule has 1 heterocycles. The minimum Gasteiger partial charge on any atom is -0.388 e. The number of benzene rings is 1. The second-order valence-electron chi connectivity index (χ2n) is 3.79. The van der Waals surface area contributed by atoms with Gasteiger partial charge in [-0.25, -0.2) is 0 Å².